The molecule has 0 aliphatic heterocycles. The van der Waals surface area contributed by atoms with Gasteiger partial charge in [-0.25, -0.2) is 4.79 Å². The Morgan fingerprint density at radius 2 is 1.27 bits per heavy atom. The van der Waals surface area contributed by atoms with Crippen molar-refractivity contribution in [3.8, 4) is 0 Å². The Balaban J connectivity index is 5.46. The zero-order chi connectivity index (χ0) is 23.8. The van der Waals surface area contributed by atoms with E-state index in [-0.39, 0.29) is 5.92 Å². The fourth-order valence-corrected chi connectivity index (χ4v) is 2.38. The van der Waals surface area contributed by atoms with Gasteiger partial charge in [-0.05, 0) is 18.8 Å². The van der Waals surface area contributed by atoms with Crippen molar-refractivity contribution in [2.24, 2.45) is 17.6 Å². The molecule has 30 heavy (non-hydrogen) atoms. The van der Waals surface area contributed by atoms with E-state index in [0.29, 0.717) is 0 Å². The third-order valence-electron chi connectivity index (χ3n) is 4.33. The molecule has 0 aromatic rings. The molecule has 3 amide bonds. The Morgan fingerprint density at radius 3 is 1.63 bits per heavy atom. The van der Waals surface area contributed by atoms with Crippen molar-refractivity contribution in [2.75, 3.05) is 0 Å². The minimum absolute atomic E-state index is 0.263. The number of carbonyl (C=O) groups excluding carboxylic acids is 3. The van der Waals surface area contributed by atoms with Crippen molar-refractivity contribution in [1.82, 2.24) is 16.0 Å². The number of aliphatic carboxylic acids is 2. The van der Waals surface area contributed by atoms with Crippen LogP contribution in [0.1, 0.15) is 41.0 Å². The summed E-state index contributed by atoms with van der Waals surface area (Å²) in [4.78, 5) is 59.5. The molecule has 12 heteroatoms. The molecule has 0 saturated carbocycles. The maximum absolute atomic E-state index is 12.6. The van der Waals surface area contributed by atoms with E-state index in [2.05, 4.69) is 16.0 Å². The van der Waals surface area contributed by atoms with Gasteiger partial charge in [0.2, 0.25) is 17.7 Å². The average Bonchev–Trinajstić information content (AvgIpc) is 2.60. The summed E-state index contributed by atoms with van der Waals surface area (Å²) in [5.74, 6) is -6.16. The Hall–Kier alpha value is -2.73. The number of hydrogen-bond donors (Lipinski definition) is 7. The fraction of sp³-hybridized carbons (Fsp3) is 0.722. The number of carbonyl (C=O) groups is 5. The smallest absolute Gasteiger partial charge is 0.328 e. The van der Waals surface area contributed by atoms with Crippen LogP contribution in [0.2, 0.25) is 0 Å². The van der Waals surface area contributed by atoms with Crippen molar-refractivity contribution in [3.05, 3.63) is 0 Å². The van der Waals surface area contributed by atoms with E-state index in [4.69, 9.17) is 15.9 Å². The van der Waals surface area contributed by atoms with E-state index in [0.717, 1.165) is 0 Å². The lowest BCUT2D eigenvalue weighted by atomic mass is 10.0. The first-order chi connectivity index (χ1) is 13.7. The highest BCUT2D eigenvalue weighted by atomic mass is 16.4. The second-order valence-electron chi connectivity index (χ2n) is 7.72. The van der Waals surface area contributed by atoms with E-state index < -0.39 is 72.3 Å². The normalized spacial score (nSPS) is 16.2. The quantitative estimate of drug-likeness (QED) is 0.182. The van der Waals surface area contributed by atoms with Crippen LogP contribution < -0.4 is 21.7 Å². The second kappa shape index (κ2) is 12.1. The van der Waals surface area contributed by atoms with Crippen LogP contribution in [0.5, 0.6) is 0 Å². The molecule has 0 radical (unpaired) electrons. The predicted octanol–water partition coefficient (Wildman–Crippen LogP) is -1.98. The molecule has 0 bridgehead atoms. The van der Waals surface area contributed by atoms with Crippen molar-refractivity contribution in [3.63, 3.8) is 0 Å². The van der Waals surface area contributed by atoms with Crippen LogP contribution in [-0.2, 0) is 24.0 Å². The molecule has 5 atom stereocenters. The highest BCUT2D eigenvalue weighted by Crippen LogP contribution is 2.06. The number of nitrogens with one attached hydrogen (secondary N) is 3. The summed E-state index contributed by atoms with van der Waals surface area (Å²) >= 11 is 0. The first kappa shape index (κ1) is 27.3. The molecule has 12 nitrogen and oxygen atoms in total. The summed E-state index contributed by atoms with van der Waals surface area (Å²) < 4.78 is 0. The summed E-state index contributed by atoms with van der Waals surface area (Å²) in [5.41, 5.74) is 5.71. The Bertz CT molecular complexity index is 650. The van der Waals surface area contributed by atoms with Crippen LogP contribution in [0.4, 0.5) is 0 Å². The lowest BCUT2D eigenvalue weighted by molar-refractivity contribution is -0.146. The van der Waals surface area contributed by atoms with E-state index >= 15 is 0 Å². The number of aliphatic hydroxyl groups is 1. The largest absolute Gasteiger partial charge is 0.481 e. The molecule has 0 aromatic heterocycles. The summed E-state index contributed by atoms with van der Waals surface area (Å²) in [7, 11) is 0. The van der Waals surface area contributed by atoms with Crippen LogP contribution in [0.25, 0.3) is 0 Å². The molecule has 0 rings (SSSR count). The van der Waals surface area contributed by atoms with Gasteiger partial charge in [0.15, 0.2) is 6.04 Å². The van der Waals surface area contributed by atoms with Crippen LogP contribution in [0, 0.1) is 11.8 Å². The van der Waals surface area contributed by atoms with Crippen LogP contribution in [0.3, 0.4) is 0 Å². The average molecular weight is 432 g/mol. The third-order valence-corrected chi connectivity index (χ3v) is 4.33. The molecular weight excluding hydrogens is 400 g/mol. The number of nitrogens with two attached hydrogens (primary N) is 1. The monoisotopic (exact) mass is 432 g/mol. The number of aliphatic hydroxyl groups excluding tert-OH is 1. The fourth-order valence-electron chi connectivity index (χ4n) is 2.38. The molecule has 5 unspecified atom stereocenters. The maximum Gasteiger partial charge on any atom is 0.328 e. The number of rotatable bonds is 12. The summed E-state index contributed by atoms with van der Waals surface area (Å²) in [6.07, 6.45) is -2.15. The van der Waals surface area contributed by atoms with Crippen molar-refractivity contribution in [2.45, 2.75) is 71.3 Å². The molecule has 0 saturated heterocycles. The predicted molar refractivity (Wildman–Crippen MR) is 105 cm³/mol. The van der Waals surface area contributed by atoms with Gasteiger partial charge in [-0.2, -0.15) is 0 Å². The maximum atomic E-state index is 12.6. The van der Waals surface area contributed by atoms with Gasteiger partial charge in [0.05, 0.1) is 18.6 Å². The second-order valence-corrected chi connectivity index (χ2v) is 7.72. The first-order valence-electron chi connectivity index (χ1n) is 9.48. The summed E-state index contributed by atoms with van der Waals surface area (Å²) in [5, 5.41) is 34.4. The zero-order valence-corrected chi connectivity index (χ0v) is 17.7. The minimum atomic E-state index is -1.60. The third kappa shape index (κ3) is 8.74. The van der Waals surface area contributed by atoms with Crippen molar-refractivity contribution in [1.29, 1.82) is 0 Å². The van der Waals surface area contributed by atoms with Gasteiger partial charge in [0, 0.05) is 0 Å². The van der Waals surface area contributed by atoms with E-state index in [9.17, 15) is 29.1 Å². The van der Waals surface area contributed by atoms with Gasteiger partial charge in [-0.15, -0.1) is 0 Å². The standard InChI is InChI=1S/C18H32N4O8/c1-7(2)12(19)16(27)20-10(6-11(24)25)15(26)21-13(8(3)4)17(28)22-14(9(5)23)18(29)30/h7-10,12-14,23H,6,19H2,1-5H3,(H,20,27)(H,21,26)(H,22,28)(H,24,25)(H,29,30). The van der Waals surface area contributed by atoms with Crippen LogP contribution in [0.15, 0.2) is 0 Å². The van der Waals surface area contributed by atoms with Gasteiger partial charge < -0.3 is 37.0 Å². The Morgan fingerprint density at radius 1 is 0.767 bits per heavy atom. The highest BCUT2D eigenvalue weighted by molar-refractivity contribution is 5.95. The van der Waals surface area contributed by atoms with Gasteiger partial charge in [-0.1, -0.05) is 27.7 Å². The molecule has 0 spiro atoms. The van der Waals surface area contributed by atoms with Crippen molar-refractivity contribution < 1.29 is 39.3 Å². The van der Waals surface area contributed by atoms with Gasteiger partial charge in [-0.3, -0.25) is 19.2 Å². The molecular formula is C18H32N4O8. The number of carboxylic acids is 2. The lowest BCUT2D eigenvalue weighted by Crippen LogP contribution is -2.60. The molecule has 0 fully saturated rings. The van der Waals surface area contributed by atoms with Gasteiger partial charge >= 0.3 is 11.9 Å². The van der Waals surface area contributed by atoms with E-state index in [1.54, 1.807) is 27.7 Å². The minimum Gasteiger partial charge on any atom is -0.481 e. The molecule has 8 N–H and O–H groups in total. The summed E-state index contributed by atoms with van der Waals surface area (Å²) in [6, 6.07) is -5.32. The van der Waals surface area contributed by atoms with Crippen molar-refractivity contribution >= 4 is 29.7 Å². The van der Waals surface area contributed by atoms with Gasteiger partial charge in [0.25, 0.3) is 0 Å². The number of hydrogen-bond acceptors (Lipinski definition) is 7. The molecule has 0 aromatic carbocycles. The van der Waals surface area contributed by atoms with E-state index in [1.165, 1.54) is 6.92 Å². The summed E-state index contributed by atoms with van der Waals surface area (Å²) in [6.45, 7) is 7.68. The molecule has 172 valence electrons. The zero-order valence-electron chi connectivity index (χ0n) is 17.7. The van der Waals surface area contributed by atoms with E-state index in [1.807, 2.05) is 0 Å². The Labute approximate surface area is 174 Å². The molecule has 0 aliphatic carbocycles. The number of carboxylic acid groups (broad SMARTS) is 2. The molecule has 0 heterocycles. The SMILES string of the molecule is CC(C)C(N)C(=O)NC(CC(=O)O)C(=O)NC(C(=O)NC(C(=O)O)C(C)O)C(C)C. The number of amides is 3. The van der Waals surface area contributed by atoms with Crippen LogP contribution in [-0.4, -0.2) is 75.3 Å². The lowest BCUT2D eigenvalue weighted by Gasteiger charge is -2.27. The van der Waals surface area contributed by atoms with Gasteiger partial charge in [0.1, 0.15) is 12.1 Å². The Kier molecular flexibility index (Phi) is 11.0. The first-order valence-corrected chi connectivity index (χ1v) is 9.48. The van der Waals surface area contributed by atoms with Crippen LogP contribution >= 0.6 is 0 Å². The highest BCUT2D eigenvalue weighted by Gasteiger charge is 2.34. The molecule has 0 aliphatic rings. The topological polar surface area (TPSA) is 208 Å².